The summed E-state index contributed by atoms with van der Waals surface area (Å²) < 4.78 is 8.63. The number of rotatable bonds is 4. The van der Waals surface area contributed by atoms with E-state index < -0.39 is 0 Å². The quantitative estimate of drug-likeness (QED) is 0.512. The zero-order valence-electron chi connectivity index (χ0n) is 13.5. The number of nitrogens with one attached hydrogen (secondary N) is 1. The number of halogens is 1. The van der Waals surface area contributed by atoms with Crippen LogP contribution in [0.3, 0.4) is 0 Å². The van der Waals surface area contributed by atoms with Gasteiger partial charge in [-0.2, -0.15) is 0 Å². The molecular weight excluding hydrogens is 380 g/mol. The summed E-state index contributed by atoms with van der Waals surface area (Å²) in [4.78, 5) is 8.82. The molecule has 1 N–H and O–H groups in total. The van der Waals surface area contributed by atoms with Crippen LogP contribution in [0, 0.1) is 0 Å². The van der Waals surface area contributed by atoms with Crippen LogP contribution < -0.4 is 10.1 Å². The molecule has 2 aromatic carbocycles. The third-order valence-electron chi connectivity index (χ3n) is 3.84. The van der Waals surface area contributed by atoms with Gasteiger partial charge in [-0.1, -0.05) is 12.1 Å². The van der Waals surface area contributed by atoms with E-state index in [2.05, 4.69) is 37.3 Å². The molecule has 0 fully saturated rings. The lowest BCUT2D eigenvalue weighted by molar-refractivity contribution is 0.460. The molecular formula is C19H15BrN4O. The summed E-state index contributed by atoms with van der Waals surface area (Å²) in [5, 5.41) is 3.34. The van der Waals surface area contributed by atoms with Crippen molar-refractivity contribution in [1.82, 2.24) is 14.5 Å². The number of hydrogen-bond donors (Lipinski definition) is 1. The van der Waals surface area contributed by atoms with Gasteiger partial charge in [0.2, 0.25) is 11.8 Å². The molecule has 4 rings (SSSR count). The van der Waals surface area contributed by atoms with Gasteiger partial charge in [0.1, 0.15) is 5.75 Å². The minimum atomic E-state index is 0.540. The molecule has 2 heterocycles. The standard InChI is InChI=1S/C19H15BrN4O/c1-24-17-7-3-2-6-16(17)23-19(24)22-13-8-10-14(11-9-13)25-18-15(20)5-4-12-21-18/h2-12H,1H3,(H,22,23). The van der Waals surface area contributed by atoms with E-state index in [1.165, 1.54) is 0 Å². The Morgan fingerprint density at radius 1 is 1.00 bits per heavy atom. The van der Waals surface area contributed by atoms with Crippen molar-refractivity contribution < 1.29 is 4.74 Å². The van der Waals surface area contributed by atoms with Crippen LogP contribution in [0.4, 0.5) is 11.6 Å². The second kappa shape index (κ2) is 6.57. The molecule has 0 aliphatic heterocycles. The van der Waals surface area contributed by atoms with E-state index in [1.807, 2.05) is 66.2 Å². The fourth-order valence-corrected chi connectivity index (χ4v) is 2.89. The number of fused-ring (bicyclic) bond motifs is 1. The summed E-state index contributed by atoms with van der Waals surface area (Å²) in [5.74, 6) is 2.05. The lowest BCUT2D eigenvalue weighted by Crippen LogP contribution is -1.99. The number of aryl methyl sites for hydroxylation is 1. The third-order valence-corrected chi connectivity index (χ3v) is 4.44. The first-order valence-corrected chi connectivity index (χ1v) is 8.57. The van der Waals surface area contributed by atoms with Gasteiger partial charge in [-0.05, 0) is 64.5 Å². The van der Waals surface area contributed by atoms with Crippen LogP contribution in [0.25, 0.3) is 11.0 Å². The highest BCUT2D eigenvalue weighted by Crippen LogP contribution is 2.28. The Bertz CT molecular complexity index is 1030. The first-order valence-electron chi connectivity index (χ1n) is 7.77. The number of anilines is 2. The lowest BCUT2D eigenvalue weighted by atomic mass is 10.3. The number of hydrogen-bond acceptors (Lipinski definition) is 4. The molecule has 2 aromatic heterocycles. The summed E-state index contributed by atoms with van der Waals surface area (Å²) in [6, 6.07) is 19.5. The fourth-order valence-electron chi connectivity index (χ4n) is 2.55. The van der Waals surface area contributed by atoms with Gasteiger partial charge in [0, 0.05) is 18.9 Å². The Labute approximate surface area is 153 Å². The Kier molecular flexibility index (Phi) is 4.11. The molecule has 6 heteroatoms. The summed E-state index contributed by atoms with van der Waals surface area (Å²) in [7, 11) is 1.99. The first-order chi connectivity index (χ1) is 12.2. The number of nitrogens with zero attached hydrogens (tertiary/aromatic N) is 3. The molecule has 0 bridgehead atoms. The van der Waals surface area contributed by atoms with Crippen molar-refractivity contribution in [3.63, 3.8) is 0 Å². The molecule has 4 aromatic rings. The van der Waals surface area contributed by atoms with Gasteiger partial charge in [-0.25, -0.2) is 9.97 Å². The minimum Gasteiger partial charge on any atom is -0.438 e. The van der Waals surface area contributed by atoms with E-state index in [4.69, 9.17) is 4.74 Å². The maximum Gasteiger partial charge on any atom is 0.233 e. The van der Waals surface area contributed by atoms with Crippen molar-refractivity contribution >= 4 is 38.6 Å². The fraction of sp³-hybridized carbons (Fsp3) is 0.0526. The van der Waals surface area contributed by atoms with Crippen molar-refractivity contribution in [2.75, 3.05) is 5.32 Å². The Morgan fingerprint density at radius 2 is 1.80 bits per heavy atom. The molecule has 124 valence electrons. The lowest BCUT2D eigenvalue weighted by Gasteiger charge is -2.09. The van der Waals surface area contributed by atoms with Crippen LogP contribution in [0.15, 0.2) is 71.3 Å². The second-order valence-corrected chi connectivity index (χ2v) is 6.38. The molecule has 0 amide bonds. The van der Waals surface area contributed by atoms with Crippen molar-refractivity contribution in [2.45, 2.75) is 0 Å². The number of benzene rings is 2. The summed E-state index contributed by atoms with van der Waals surface area (Å²) >= 11 is 3.43. The van der Waals surface area contributed by atoms with Crippen LogP contribution in [0.1, 0.15) is 0 Å². The molecule has 25 heavy (non-hydrogen) atoms. The van der Waals surface area contributed by atoms with E-state index in [-0.39, 0.29) is 0 Å². The molecule has 0 radical (unpaired) electrons. The monoisotopic (exact) mass is 394 g/mol. The number of pyridine rings is 1. The van der Waals surface area contributed by atoms with Crippen LogP contribution in [-0.4, -0.2) is 14.5 Å². The normalized spacial score (nSPS) is 10.8. The Morgan fingerprint density at radius 3 is 2.56 bits per heavy atom. The Balaban J connectivity index is 1.54. The van der Waals surface area contributed by atoms with E-state index in [1.54, 1.807) is 6.20 Å². The predicted molar refractivity (Wildman–Crippen MR) is 102 cm³/mol. The van der Waals surface area contributed by atoms with Crippen molar-refractivity contribution in [3.8, 4) is 11.6 Å². The van der Waals surface area contributed by atoms with Crippen molar-refractivity contribution in [3.05, 3.63) is 71.3 Å². The van der Waals surface area contributed by atoms with E-state index in [0.29, 0.717) is 5.88 Å². The molecule has 0 atom stereocenters. The van der Waals surface area contributed by atoms with Gasteiger partial charge < -0.3 is 14.6 Å². The average molecular weight is 395 g/mol. The van der Waals surface area contributed by atoms with Gasteiger partial charge in [0.05, 0.1) is 15.5 Å². The van der Waals surface area contributed by atoms with Crippen LogP contribution >= 0.6 is 15.9 Å². The smallest absolute Gasteiger partial charge is 0.233 e. The predicted octanol–water partition coefficient (Wildman–Crippen LogP) is 5.27. The highest BCUT2D eigenvalue weighted by Gasteiger charge is 2.08. The maximum atomic E-state index is 5.78. The third kappa shape index (κ3) is 3.21. The summed E-state index contributed by atoms with van der Waals surface area (Å²) in [6.07, 6.45) is 1.70. The zero-order valence-corrected chi connectivity index (χ0v) is 15.1. The number of imidazole rings is 1. The molecule has 0 unspecified atom stereocenters. The number of aromatic nitrogens is 3. The molecule has 5 nitrogen and oxygen atoms in total. The summed E-state index contributed by atoms with van der Waals surface area (Å²) in [5.41, 5.74) is 2.99. The van der Waals surface area contributed by atoms with Gasteiger partial charge in [0.15, 0.2) is 0 Å². The van der Waals surface area contributed by atoms with Crippen molar-refractivity contribution in [1.29, 1.82) is 0 Å². The van der Waals surface area contributed by atoms with Crippen LogP contribution in [0.2, 0.25) is 0 Å². The number of para-hydroxylation sites is 2. The van der Waals surface area contributed by atoms with Gasteiger partial charge in [-0.3, -0.25) is 0 Å². The molecule has 0 saturated heterocycles. The second-order valence-electron chi connectivity index (χ2n) is 5.52. The highest BCUT2D eigenvalue weighted by atomic mass is 79.9. The Hall–Kier alpha value is -2.86. The first kappa shape index (κ1) is 15.7. The maximum absolute atomic E-state index is 5.78. The van der Waals surface area contributed by atoms with Crippen molar-refractivity contribution in [2.24, 2.45) is 7.05 Å². The SMILES string of the molecule is Cn1c(Nc2ccc(Oc3ncccc3Br)cc2)nc2ccccc21. The van der Waals surface area contributed by atoms with Gasteiger partial charge in [-0.15, -0.1) is 0 Å². The van der Waals surface area contributed by atoms with Gasteiger partial charge >= 0.3 is 0 Å². The molecule has 0 saturated carbocycles. The van der Waals surface area contributed by atoms with E-state index >= 15 is 0 Å². The number of ether oxygens (including phenoxy) is 1. The highest BCUT2D eigenvalue weighted by molar-refractivity contribution is 9.10. The average Bonchev–Trinajstić information content (AvgIpc) is 2.95. The molecule has 0 spiro atoms. The summed E-state index contributed by atoms with van der Waals surface area (Å²) in [6.45, 7) is 0. The van der Waals surface area contributed by atoms with Gasteiger partial charge in [0.25, 0.3) is 0 Å². The van der Waals surface area contributed by atoms with E-state index in [9.17, 15) is 0 Å². The topological polar surface area (TPSA) is 52.0 Å². The van der Waals surface area contributed by atoms with E-state index in [0.717, 1.165) is 32.9 Å². The minimum absolute atomic E-state index is 0.540. The largest absolute Gasteiger partial charge is 0.438 e. The van der Waals surface area contributed by atoms with Crippen LogP contribution in [0.5, 0.6) is 11.6 Å². The molecule has 0 aliphatic carbocycles. The zero-order chi connectivity index (χ0) is 17.2. The van der Waals surface area contributed by atoms with Crippen LogP contribution in [-0.2, 0) is 7.05 Å². The molecule has 0 aliphatic rings.